The number of hydrogen-bond acceptors (Lipinski definition) is 5. The van der Waals surface area contributed by atoms with E-state index in [1.807, 2.05) is 0 Å². The van der Waals surface area contributed by atoms with Gasteiger partial charge in [0.05, 0.1) is 0 Å². The van der Waals surface area contributed by atoms with Crippen molar-refractivity contribution in [2.24, 2.45) is 0 Å². The summed E-state index contributed by atoms with van der Waals surface area (Å²) >= 11 is 0. The van der Waals surface area contributed by atoms with E-state index in [0.717, 1.165) is 3.97 Å². The van der Waals surface area contributed by atoms with E-state index in [9.17, 15) is 13.2 Å². The van der Waals surface area contributed by atoms with Crippen molar-refractivity contribution in [3.63, 3.8) is 0 Å². The lowest BCUT2D eigenvalue weighted by Gasteiger charge is -2.05. The Morgan fingerprint density at radius 1 is 1.05 bits per heavy atom. The third-order valence-corrected chi connectivity index (χ3v) is 4.42. The molecule has 20 heavy (non-hydrogen) atoms. The molecule has 0 aliphatic heterocycles. The summed E-state index contributed by atoms with van der Waals surface area (Å²) in [6.07, 6.45) is 4.73. The molecule has 0 amide bonds. The Bertz CT molecular complexity index is 886. The Morgan fingerprint density at radius 3 is 2.55 bits per heavy atom. The van der Waals surface area contributed by atoms with Crippen LogP contribution in [-0.2, 0) is 10.0 Å². The molecule has 3 aromatic heterocycles. The lowest BCUT2D eigenvalue weighted by Crippen LogP contribution is -2.13. The highest BCUT2D eigenvalue weighted by Crippen LogP contribution is 2.22. The number of fused-ring (bicyclic) bond motifs is 1. The molecule has 0 unspecified atom stereocenters. The number of nitrogens with zero attached hydrogens (tertiary/aromatic N) is 3. The van der Waals surface area contributed by atoms with E-state index in [2.05, 4.69) is 9.97 Å². The summed E-state index contributed by atoms with van der Waals surface area (Å²) in [5.41, 5.74) is 0.479. The van der Waals surface area contributed by atoms with Gasteiger partial charge in [0.2, 0.25) is 0 Å². The SMILES string of the molecule is O=Cc1cn(S(=O)(=O)c2ccccn2)c2ncccc12. The molecule has 0 spiro atoms. The first-order chi connectivity index (χ1) is 9.64. The first-order valence-corrected chi connectivity index (χ1v) is 7.16. The lowest BCUT2D eigenvalue weighted by atomic mass is 10.2. The van der Waals surface area contributed by atoms with Gasteiger partial charge in [-0.2, -0.15) is 8.42 Å². The molecule has 0 N–H and O–H groups in total. The second kappa shape index (κ2) is 4.53. The first-order valence-electron chi connectivity index (χ1n) is 5.72. The molecule has 0 saturated carbocycles. The molecule has 0 atom stereocenters. The predicted molar refractivity (Wildman–Crippen MR) is 71.9 cm³/mol. The monoisotopic (exact) mass is 287 g/mol. The summed E-state index contributed by atoms with van der Waals surface area (Å²) < 4.78 is 26.0. The van der Waals surface area contributed by atoms with Gasteiger partial charge in [-0.1, -0.05) is 6.07 Å². The van der Waals surface area contributed by atoms with Gasteiger partial charge in [0.15, 0.2) is 17.0 Å². The van der Waals surface area contributed by atoms with Gasteiger partial charge in [-0.05, 0) is 24.3 Å². The Labute approximate surface area is 114 Å². The maximum Gasteiger partial charge on any atom is 0.286 e. The number of carbonyl (C=O) groups excluding carboxylic acids is 1. The lowest BCUT2D eigenvalue weighted by molar-refractivity contribution is 0.112. The van der Waals surface area contributed by atoms with Crippen molar-refractivity contribution in [1.29, 1.82) is 0 Å². The maximum atomic E-state index is 12.5. The maximum absolute atomic E-state index is 12.5. The third-order valence-electron chi connectivity index (χ3n) is 2.85. The van der Waals surface area contributed by atoms with Crippen LogP contribution in [0.3, 0.4) is 0 Å². The number of aromatic nitrogens is 3. The van der Waals surface area contributed by atoms with Crippen molar-refractivity contribution in [2.75, 3.05) is 0 Å². The van der Waals surface area contributed by atoms with Gasteiger partial charge < -0.3 is 0 Å². The minimum Gasteiger partial charge on any atom is -0.298 e. The van der Waals surface area contributed by atoms with Crippen LogP contribution in [0.15, 0.2) is 53.9 Å². The summed E-state index contributed by atoms with van der Waals surface area (Å²) in [7, 11) is -3.87. The van der Waals surface area contributed by atoms with Crippen LogP contribution in [0.1, 0.15) is 10.4 Å². The van der Waals surface area contributed by atoms with E-state index in [1.54, 1.807) is 24.3 Å². The Balaban J connectivity index is 2.33. The quantitative estimate of drug-likeness (QED) is 0.681. The highest BCUT2D eigenvalue weighted by atomic mass is 32.2. The Morgan fingerprint density at radius 2 is 1.85 bits per heavy atom. The first kappa shape index (κ1) is 12.5. The van der Waals surface area contributed by atoms with Crippen LogP contribution in [0.2, 0.25) is 0 Å². The fourth-order valence-electron chi connectivity index (χ4n) is 1.93. The van der Waals surface area contributed by atoms with Gasteiger partial charge in [0.25, 0.3) is 10.0 Å². The normalized spacial score (nSPS) is 11.6. The molecular formula is C13H9N3O3S. The van der Waals surface area contributed by atoms with E-state index < -0.39 is 10.0 Å². The molecule has 6 nitrogen and oxygen atoms in total. The van der Waals surface area contributed by atoms with Crippen molar-refractivity contribution in [3.05, 3.63) is 54.5 Å². The standard InChI is InChI=1S/C13H9N3O3S/c17-9-10-8-16(13-11(10)4-3-7-15-13)20(18,19)12-5-1-2-6-14-12/h1-9H. The van der Waals surface area contributed by atoms with Crippen LogP contribution in [-0.4, -0.2) is 28.6 Å². The summed E-state index contributed by atoms with van der Waals surface area (Å²) in [4.78, 5) is 18.9. The van der Waals surface area contributed by atoms with Gasteiger partial charge >= 0.3 is 0 Å². The molecule has 100 valence electrons. The zero-order chi connectivity index (χ0) is 14.2. The summed E-state index contributed by atoms with van der Waals surface area (Å²) in [5.74, 6) is 0. The van der Waals surface area contributed by atoms with Crippen molar-refractivity contribution in [2.45, 2.75) is 5.03 Å². The van der Waals surface area contributed by atoms with Gasteiger partial charge in [0.1, 0.15) is 0 Å². The molecule has 0 aliphatic carbocycles. The number of aldehydes is 1. The molecule has 0 saturated heterocycles. The number of rotatable bonds is 3. The van der Waals surface area contributed by atoms with Crippen LogP contribution < -0.4 is 0 Å². The molecule has 0 fully saturated rings. The zero-order valence-corrected chi connectivity index (χ0v) is 11.0. The highest BCUT2D eigenvalue weighted by Gasteiger charge is 2.22. The highest BCUT2D eigenvalue weighted by molar-refractivity contribution is 7.90. The Kier molecular flexibility index (Phi) is 2.83. The number of pyridine rings is 2. The number of carbonyl (C=O) groups is 1. The third kappa shape index (κ3) is 1.79. The van der Waals surface area contributed by atoms with Crippen molar-refractivity contribution < 1.29 is 13.2 Å². The van der Waals surface area contributed by atoms with Crippen LogP contribution in [0.4, 0.5) is 0 Å². The van der Waals surface area contributed by atoms with E-state index in [1.165, 1.54) is 24.7 Å². The smallest absolute Gasteiger partial charge is 0.286 e. The van der Waals surface area contributed by atoms with Crippen molar-refractivity contribution in [1.82, 2.24) is 13.9 Å². The fraction of sp³-hybridized carbons (Fsp3) is 0. The molecule has 3 rings (SSSR count). The molecule has 7 heteroatoms. The van der Waals surface area contributed by atoms with Gasteiger partial charge in [-0.15, -0.1) is 0 Å². The van der Waals surface area contributed by atoms with E-state index in [-0.39, 0.29) is 16.2 Å². The average molecular weight is 287 g/mol. The molecule has 0 aliphatic rings. The predicted octanol–water partition coefficient (Wildman–Crippen LogP) is 1.48. The summed E-state index contributed by atoms with van der Waals surface area (Å²) in [6.45, 7) is 0. The summed E-state index contributed by atoms with van der Waals surface area (Å²) in [5, 5.41) is 0.391. The van der Waals surface area contributed by atoms with Crippen LogP contribution in [0.25, 0.3) is 11.0 Å². The van der Waals surface area contributed by atoms with Gasteiger partial charge in [-0.3, -0.25) is 4.79 Å². The molecular weight excluding hydrogens is 278 g/mol. The van der Waals surface area contributed by atoms with E-state index >= 15 is 0 Å². The molecule has 3 aromatic rings. The second-order valence-corrected chi connectivity index (χ2v) is 5.81. The van der Waals surface area contributed by atoms with Crippen LogP contribution >= 0.6 is 0 Å². The van der Waals surface area contributed by atoms with Crippen LogP contribution in [0.5, 0.6) is 0 Å². The molecule has 3 heterocycles. The zero-order valence-electron chi connectivity index (χ0n) is 10.2. The van der Waals surface area contributed by atoms with E-state index in [0.29, 0.717) is 11.7 Å². The minimum absolute atomic E-state index is 0.0972. The molecule has 0 radical (unpaired) electrons. The van der Waals surface area contributed by atoms with Crippen molar-refractivity contribution >= 4 is 27.3 Å². The van der Waals surface area contributed by atoms with Gasteiger partial charge in [0, 0.05) is 29.5 Å². The topological polar surface area (TPSA) is 81.9 Å². The van der Waals surface area contributed by atoms with Crippen LogP contribution in [0, 0.1) is 0 Å². The number of hydrogen-bond donors (Lipinski definition) is 0. The minimum atomic E-state index is -3.87. The summed E-state index contributed by atoms with van der Waals surface area (Å²) in [6, 6.07) is 7.90. The average Bonchev–Trinajstić information content (AvgIpc) is 2.88. The Hall–Kier alpha value is -2.54. The fourth-order valence-corrected chi connectivity index (χ4v) is 3.20. The van der Waals surface area contributed by atoms with Crippen molar-refractivity contribution in [3.8, 4) is 0 Å². The second-order valence-electron chi connectivity index (χ2n) is 4.05. The largest absolute Gasteiger partial charge is 0.298 e. The van der Waals surface area contributed by atoms with E-state index in [4.69, 9.17) is 0 Å². The van der Waals surface area contributed by atoms with Gasteiger partial charge in [-0.25, -0.2) is 13.9 Å². The molecule has 0 aromatic carbocycles. The molecule has 0 bridgehead atoms.